The lowest BCUT2D eigenvalue weighted by Crippen LogP contribution is -2.36. The number of ether oxygens (including phenoxy) is 1. The Balaban J connectivity index is 1.61. The van der Waals surface area contributed by atoms with E-state index in [0.29, 0.717) is 23.4 Å². The van der Waals surface area contributed by atoms with Gasteiger partial charge in [-0.1, -0.05) is 50.5 Å². The minimum absolute atomic E-state index is 0.0874. The summed E-state index contributed by atoms with van der Waals surface area (Å²) in [6, 6.07) is 16.6. The van der Waals surface area contributed by atoms with Gasteiger partial charge in [0.15, 0.2) is 6.10 Å². The van der Waals surface area contributed by atoms with Crippen molar-refractivity contribution < 1.29 is 14.3 Å². The number of rotatable bonds is 7. The number of nitrogens with one attached hydrogen (secondary N) is 2. The molecule has 5 nitrogen and oxygen atoms in total. The lowest BCUT2D eigenvalue weighted by Gasteiger charge is -2.23. The summed E-state index contributed by atoms with van der Waals surface area (Å²) in [4.78, 5) is 25.1. The third kappa shape index (κ3) is 5.59. The van der Waals surface area contributed by atoms with E-state index in [-0.39, 0.29) is 17.9 Å². The zero-order valence-electron chi connectivity index (χ0n) is 16.3. The molecule has 5 heteroatoms. The number of carbonyl (C=O) groups is 2. The van der Waals surface area contributed by atoms with Crippen molar-refractivity contribution >= 4 is 17.5 Å². The molecule has 0 saturated heterocycles. The molecule has 0 radical (unpaired) electrons. The van der Waals surface area contributed by atoms with Crippen molar-refractivity contribution in [1.82, 2.24) is 5.32 Å². The molecule has 0 aliphatic heterocycles. The summed E-state index contributed by atoms with van der Waals surface area (Å²) in [5, 5.41) is 5.97. The van der Waals surface area contributed by atoms with Gasteiger partial charge in [0.05, 0.1) is 0 Å². The third-order valence-corrected chi connectivity index (χ3v) is 5.02. The Kier molecular flexibility index (Phi) is 7.06. The third-order valence-electron chi connectivity index (χ3n) is 5.02. The zero-order valence-corrected chi connectivity index (χ0v) is 16.3. The second-order valence-electron chi connectivity index (χ2n) is 7.21. The van der Waals surface area contributed by atoms with Gasteiger partial charge in [-0.05, 0) is 49.6 Å². The largest absolute Gasteiger partial charge is 0.481 e. The fraction of sp³-hybridized carbons (Fsp3) is 0.391. The first-order chi connectivity index (χ1) is 13.7. The minimum Gasteiger partial charge on any atom is -0.481 e. The van der Waals surface area contributed by atoms with Crippen LogP contribution < -0.4 is 15.4 Å². The van der Waals surface area contributed by atoms with Crippen molar-refractivity contribution in [2.75, 3.05) is 5.32 Å². The van der Waals surface area contributed by atoms with Crippen LogP contribution in [-0.4, -0.2) is 24.0 Å². The molecule has 0 aromatic heterocycles. The topological polar surface area (TPSA) is 67.4 Å². The number of para-hydroxylation sites is 1. The monoisotopic (exact) mass is 380 g/mol. The number of anilines is 1. The molecule has 0 bridgehead atoms. The first-order valence-electron chi connectivity index (χ1n) is 10.1. The average molecular weight is 380 g/mol. The Labute approximate surface area is 166 Å². The van der Waals surface area contributed by atoms with Crippen LogP contribution >= 0.6 is 0 Å². The predicted octanol–water partition coefficient (Wildman–Crippen LogP) is 4.55. The SMILES string of the molecule is CC[C@@H](Oc1ccccc1)C(=O)Nc1cccc(C(=O)NC2CCCCC2)c1. The molecule has 1 atom stereocenters. The highest BCUT2D eigenvalue weighted by atomic mass is 16.5. The molecule has 3 rings (SSSR count). The molecule has 1 aliphatic carbocycles. The van der Waals surface area contributed by atoms with Gasteiger partial charge in [0.1, 0.15) is 5.75 Å². The Hall–Kier alpha value is -2.82. The van der Waals surface area contributed by atoms with E-state index >= 15 is 0 Å². The fourth-order valence-corrected chi connectivity index (χ4v) is 3.46. The van der Waals surface area contributed by atoms with Crippen LogP contribution in [0.2, 0.25) is 0 Å². The number of hydrogen-bond donors (Lipinski definition) is 2. The van der Waals surface area contributed by atoms with Gasteiger partial charge in [-0.15, -0.1) is 0 Å². The second-order valence-corrected chi connectivity index (χ2v) is 7.21. The average Bonchev–Trinajstić information content (AvgIpc) is 2.73. The van der Waals surface area contributed by atoms with Crippen LogP contribution in [0, 0.1) is 0 Å². The summed E-state index contributed by atoms with van der Waals surface area (Å²) in [6.07, 6.45) is 5.61. The van der Waals surface area contributed by atoms with E-state index in [1.54, 1.807) is 24.3 Å². The smallest absolute Gasteiger partial charge is 0.265 e. The van der Waals surface area contributed by atoms with E-state index in [2.05, 4.69) is 10.6 Å². The maximum Gasteiger partial charge on any atom is 0.265 e. The van der Waals surface area contributed by atoms with Crippen LogP contribution in [0.15, 0.2) is 54.6 Å². The van der Waals surface area contributed by atoms with E-state index in [1.165, 1.54) is 19.3 Å². The predicted molar refractivity (Wildman–Crippen MR) is 111 cm³/mol. The van der Waals surface area contributed by atoms with Gasteiger partial charge in [-0.25, -0.2) is 0 Å². The van der Waals surface area contributed by atoms with Crippen molar-refractivity contribution in [3.05, 3.63) is 60.2 Å². The number of benzene rings is 2. The minimum atomic E-state index is -0.595. The van der Waals surface area contributed by atoms with Crippen molar-refractivity contribution in [1.29, 1.82) is 0 Å². The second kappa shape index (κ2) is 9.93. The zero-order chi connectivity index (χ0) is 19.8. The Bertz CT molecular complexity index is 785. The summed E-state index contributed by atoms with van der Waals surface area (Å²) < 4.78 is 5.78. The molecule has 0 heterocycles. The van der Waals surface area contributed by atoms with Crippen LogP contribution in [0.3, 0.4) is 0 Å². The Morgan fingerprint density at radius 1 is 1.04 bits per heavy atom. The standard InChI is InChI=1S/C23H28N2O3/c1-2-21(28-20-14-7-4-8-15-20)23(27)25-19-13-9-10-17(16-19)22(26)24-18-11-5-3-6-12-18/h4,7-10,13-16,18,21H,2-3,5-6,11-12H2,1H3,(H,24,26)(H,25,27)/t21-/m1/s1. The summed E-state index contributed by atoms with van der Waals surface area (Å²) in [5.74, 6) is 0.344. The lowest BCUT2D eigenvalue weighted by molar-refractivity contribution is -0.122. The molecule has 1 fully saturated rings. The highest BCUT2D eigenvalue weighted by Crippen LogP contribution is 2.19. The van der Waals surface area contributed by atoms with Gasteiger partial charge >= 0.3 is 0 Å². The number of carbonyl (C=O) groups excluding carboxylic acids is 2. The van der Waals surface area contributed by atoms with Crippen LogP contribution in [-0.2, 0) is 4.79 Å². The summed E-state index contributed by atoms with van der Waals surface area (Å²) >= 11 is 0. The quantitative estimate of drug-likeness (QED) is 0.741. The van der Waals surface area contributed by atoms with Crippen molar-refractivity contribution in [3.63, 3.8) is 0 Å². The molecule has 28 heavy (non-hydrogen) atoms. The highest BCUT2D eigenvalue weighted by molar-refractivity contribution is 5.98. The van der Waals surface area contributed by atoms with E-state index in [4.69, 9.17) is 4.74 Å². The summed E-state index contributed by atoms with van der Waals surface area (Å²) in [7, 11) is 0. The molecular formula is C23H28N2O3. The number of amides is 2. The molecule has 148 valence electrons. The molecular weight excluding hydrogens is 352 g/mol. The molecule has 2 aromatic carbocycles. The van der Waals surface area contributed by atoms with Crippen LogP contribution in [0.5, 0.6) is 5.75 Å². The van der Waals surface area contributed by atoms with Gasteiger partial charge in [-0.2, -0.15) is 0 Å². The van der Waals surface area contributed by atoms with Crippen LogP contribution in [0.1, 0.15) is 55.8 Å². The Morgan fingerprint density at radius 2 is 1.79 bits per heavy atom. The fourth-order valence-electron chi connectivity index (χ4n) is 3.46. The first kappa shape index (κ1) is 19.9. The van der Waals surface area contributed by atoms with Crippen molar-refractivity contribution in [3.8, 4) is 5.75 Å². The maximum absolute atomic E-state index is 12.6. The van der Waals surface area contributed by atoms with Gasteiger partial charge < -0.3 is 15.4 Å². The maximum atomic E-state index is 12.6. The van der Waals surface area contributed by atoms with Crippen molar-refractivity contribution in [2.45, 2.75) is 57.6 Å². The van der Waals surface area contributed by atoms with Gasteiger partial charge in [0, 0.05) is 17.3 Å². The molecule has 2 aromatic rings. The summed E-state index contributed by atoms with van der Waals surface area (Å²) in [5.41, 5.74) is 1.15. The van der Waals surface area contributed by atoms with Crippen molar-refractivity contribution in [2.24, 2.45) is 0 Å². The van der Waals surface area contributed by atoms with Gasteiger partial charge in [0.2, 0.25) is 0 Å². The van der Waals surface area contributed by atoms with Gasteiger partial charge in [-0.3, -0.25) is 9.59 Å². The first-order valence-corrected chi connectivity index (χ1v) is 10.1. The van der Waals surface area contributed by atoms with Crippen LogP contribution in [0.25, 0.3) is 0 Å². The summed E-state index contributed by atoms with van der Waals surface area (Å²) in [6.45, 7) is 1.90. The van der Waals surface area contributed by atoms with Gasteiger partial charge in [0.25, 0.3) is 11.8 Å². The van der Waals surface area contributed by atoms with E-state index in [9.17, 15) is 9.59 Å². The Morgan fingerprint density at radius 3 is 2.50 bits per heavy atom. The highest BCUT2D eigenvalue weighted by Gasteiger charge is 2.20. The van der Waals surface area contributed by atoms with E-state index in [0.717, 1.165) is 12.8 Å². The van der Waals surface area contributed by atoms with Crippen LogP contribution in [0.4, 0.5) is 5.69 Å². The van der Waals surface area contributed by atoms with E-state index < -0.39 is 6.10 Å². The lowest BCUT2D eigenvalue weighted by atomic mass is 9.95. The molecule has 1 aliphatic rings. The normalized spacial score (nSPS) is 15.5. The molecule has 2 N–H and O–H groups in total. The van der Waals surface area contributed by atoms with E-state index in [1.807, 2.05) is 37.3 Å². The molecule has 0 spiro atoms. The molecule has 2 amide bonds. The molecule has 0 unspecified atom stereocenters. The number of hydrogen-bond acceptors (Lipinski definition) is 3. The molecule has 1 saturated carbocycles.